The Morgan fingerprint density at radius 1 is 1.06 bits per heavy atom. The Labute approximate surface area is 118 Å². The Bertz CT molecular complexity index is 744. The SMILES string of the molecule is O=c1ccc2cc3cc([CH2][Hg][I])oc3cc2o1. The molecule has 0 saturated heterocycles. The minimum atomic E-state index is -0.739. The normalized spacial score (nSPS) is 10.9. The third-order valence-corrected chi connectivity index (χ3v) is 10.0. The zero-order valence-corrected chi connectivity index (χ0v) is 16.6. The van der Waals surface area contributed by atoms with E-state index >= 15 is 0 Å². The van der Waals surface area contributed by atoms with Crippen molar-refractivity contribution in [3.05, 3.63) is 46.5 Å². The van der Waals surface area contributed by atoms with Gasteiger partial charge in [0.15, 0.2) is 0 Å². The van der Waals surface area contributed by atoms with E-state index in [1.54, 1.807) is 12.1 Å². The van der Waals surface area contributed by atoms with E-state index in [0.29, 0.717) is 5.58 Å². The summed E-state index contributed by atoms with van der Waals surface area (Å²) in [7, 11) is 0. The molecule has 3 nitrogen and oxygen atoms in total. The fourth-order valence-electron chi connectivity index (χ4n) is 1.88. The molecule has 0 aliphatic rings. The van der Waals surface area contributed by atoms with Crippen molar-refractivity contribution in [2.45, 2.75) is 3.93 Å². The predicted octanol–water partition coefficient (Wildman–Crippen LogP) is 3.47. The molecule has 2 heterocycles. The topological polar surface area (TPSA) is 43.4 Å². The summed E-state index contributed by atoms with van der Waals surface area (Å²) in [5, 5.41) is 2.02. The van der Waals surface area contributed by atoms with E-state index in [0.717, 1.165) is 26.0 Å². The fourth-order valence-corrected chi connectivity index (χ4v) is 8.22. The van der Waals surface area contributed by atoms with E-state index in [1.807, 2.05) is 6.07 Å². The maximum absolute atomic E-state index is 11.1. The number of furan rings is 1. The standard InChI is InChI=1S/C12H7O3.Hg.HI/c1-7-4-9-5-8-2-3-12(13)15-10(8)6-11(9)14-7;;/h2-6H,1H2;;1H/q;+1;/p-1. The van der Waals surface area contributed by atoms with Crippen LogP contribution in [0.25, 0.3) is 21.9 Å². The van der Waals surface area contributed by atoms with Crippen LogP contribution in [0.5, 0.6) is 0 Å². The van der Waals surface area contributed by atoms with Crippen molar-refractivity contribution in [2.24, 2.45) is 0 Å². The van der Waals surface area contributed by atoms with Gasteiger partial charge in [-0.15, -0.1) is 0 Å². The van der Waals surface area contributed by atoms with Gasteiger partial charge in [0.1, 0.15) is 0 Å². The molecular weight excluding hydrogens is 520 g/mol. The average Bonchev–Trinajstić information content (AvgIpc) is 2.67. The van der Waals surface area contributed by atoms with E-state index in [4.69, 9.17) is 8.83 Å². The monoisotopic (exact) mass is 528 g/mol. The first-order valence-electron chi connectivity index (χ1n) is 5.28. The quantitative estimate of drug-likeness (QED) is 0.292. The molecule has 1 aromatic carbocycles. The predicted molar refractivity (Wildman–Crippen MR) is 70.0 cm³/mol. The molecule has 0 aliphatic heterocycles. The summed E-state index contributed by atoms with van der Waals surface area (Å²) >= 11 is 1.80. The minimum absolute atomic E-state index is 0.326. The Morgan fingerprint density at radius 2 is 1.88 bits per heavy atom. The summed E-state index contributed by atoms with van der Waals surface area (Å²) < 4.78 is 12.0. The third-order valence-electron chi connectivity index (χ3n) is 2.65. The Balaban J connectivity index is 2.28. The van der Waals surface area contributed by atoms with Crippen LogP contribution < -0.4 is 5.63 Å². The van der Waals surface area contributed by atoms with Crippen LogP contribution in [0, 0.1) is 0 Å². The molecule has 0 amide bonds. The molecule has 0 saturated carbocycles. The number of fused-ring (bicyclic) bond motifs is 2. The van der Waals surface area contributed by atoms with Gasteiger partial charge in [-0.25, -0.2) is 0 Å². The zero-order chi connectivity index (χ0) is 11.8. The second-order valence-corrected chi connectivity index (χ2v) is 16.7. The molecule has 5 heteroatoms. The number of hydrogen-bond acceptors (Lipinski definition) is 3. The van der Waals surface area contributed by atoms with E-state index in [2.05, 4.69) is 23.7 Å². The average molecular weight is 527 g/mol. The number of hydrogen-bond donors (Lipinski definition) is 0. The maximum atomic E-state index is 11.1. The molecule has 0 aliphatic carbocycles. The van der Waals surface area contributed by atoms with Crippen LogP contribution in [-0.4, -0.2) is 0 Å². The molecule has 0 unspecified atom stereocenters. The van der Waals surface area contributed by atoms with E-state index in [-0.39, 0.29) is 5.63 Å². The van der Waals surface area contributed by atoms with Gasteiger partial charge in [0, 0.05) is 0 Å². The van der Waals surface area contributed by atoms with Gasteiger partial charge in [0.25, 0.3) is 0 Å². The molecule has 0 atom stereocenters. The van der Waals surface area contributed by atoms with Gasteiger partial charge < -0.3 is 0 Å². The van der Waals surface area contributed by atoms with E-state index in [1.165, 1.54) is 6.07 Å². The van der Waals surface area contributed by atoms with Gasteiger partial charge in [-0.2, -0.15) is 0 Å². The van der Waals surface area contributed by atoms with Crippen molar-refractivity contribution in [3.8, 4) is 0 Å². The summed E-state index contributed by atoms with van der Waals surface area (Å²) in [5.41, 5.74) is 1.07. The van der Waals surface area contributed by atoms with Gasteiger partial charge in [0.05, 0.1) is 0 Å². The molecule has 3 rings (SSSR count). The second-order valence-electron chi connectivity index (χ2n) is 3.83. The van der Waals surface area contributed by atoms with Crippen molar-refractivity contribution < 1.29 is 29.1 Å². The van der Waals surface area contributed by atoms with E-state index in [9.17, 15) is 4.79 Å². The number of benzene rings is 1. The molecular formula is C12H7HgIO3. The number of halogens is 1. The van der Waals surface area contributed by atoms with Crippen LogP contribution in [0.15, 0.2) is 44.0 Å². The zero-order valence-electron chi connectivity index (χ0n) is 8.90. The second kappa shape index (κ2) is 4.72. The van der Waals surface area contributed by atoms with Crippen LogP contribution in [0.2, 0.25) is 0 Å². The molecule has 17 heavy (non-hydrogen) atoms. The van der Waals surface area contributed by atoms with Crippen molar-refractivity contribution in [1.82, 2.24) is 0 Å². The number of rotatable bonds is 2. The Morgan fingerprint density at radius 3 is 2.71 bits per heavy atom. The molecule has 0 N–H and O–H groups in total. The molecule has 3 aromatic rings. The first kappa shape index (κ1) is 11.7. The van der Waals surface area contributed by atoms with Crippen molar-refractivity contribution in [1.29, 1.82) is 0 Å². The first-order valence-corrected chi connectivity index (χ1v) is 24.6. The first-order chi connectivity index (χ1) is 8.26. The van der Waals surface area contributed by atoms with Crippen molar-refractivity contribution >= 4 is 39.6 Å². The Kier molecular flexibility index (Phi) is 3.25. The summed E-state index contributed by atoms with van der Waals surface area (Å²) in [6, 6.07) is 9.13. The van der Waals surface area contributed by atoms with Crippen LogP contribution in [0.1, 0.15) is 5.76 Å². The van der Waals surface area contributed by atoms with Gasteiger partial charge in [-0.05, 0) is 0 Å². The molecule has 0 spiro atoms. The van der Waals surface area contributed by atoms with Gasteiger partial charge >= 0.3 is 119 Å². The van der Waals surface area contributed by atoms with Crippen molar-refractivity contribution in [2.75, 3.05) is 0 Å². The molecule has 0 fully saturated rings. The van der Waals surface area contributed by atoms with Crippen LogP contribution in [-0.2, 0) is 24.2 Å². The van der Waals surface area contributed by atoms with Gasteiger partial charge in [0.2, 0.25) is 0 Å². The Hall–Kier alpha value is -0.365. The molecule has 82 valence electrons. The molecule has 2 aromatic heterocycles. The van der Waals surface area contributed by atoms with E-state index < -0.39 is 20.2 Å². The summed E-state index contributed by atoms with van der Waals surface area (Å²) in [4.78, 5) is 11.1. The van der Waals surface area contributed by atoms with Crippen LogP contribution in [0.4, 0.5) is 0 Å². The summed E-state index contributed by atoms with van der Waals surface area (Å²) in [5.74, 6) is 1.06. The molecule has 0 radical (unpaired) electrons. The summed E-state index contributed by atoms with van der Waals surface area (Å²) in [6.07, 6.45) is 0. The summed E-state index contributed by atoms with van der Waals surface area (Å²) in [6.45, 7) is 0. The van der Waals surface area contributed by atoms with Gasteiger partial charge in [-0.3, -0.25) is 0 Å². The molecule has 0 bridgehead atoms. The van der Waals surface area contributed by atoms with Crippen LogP contribution >= 0.6 is 17.7 Å². The third kappa shape index (κ3) is 2.29. The van der Waals surface area contributed by atoms with Crippen LogP contribution in [0.3, 0.4) is 0 Å². The van der Waals surface area contributed by atoms with Crippen molar-refractivity contribution in [3.63, 3.8) is 0 Å². The van der Waals surface area contributed by atoms with Gasteiger partial charge in [-0.1, -0.05) is 0 Å². The fraction of sp³-hybridized carbons (Fsp3) is 0.0833.